The van der Waals surface area contributed by atoms with Crippen molar-refractivity contribution < 1.29 is 46.8 Å². The number of alkyl halides is 6. The smallest absolute Gasteiger partial charge is 0.393 e. The van der Waals surface area contributed by atoms with Gasteiger partial charge in [0.25, 0.3) is 5.60 Å². The Balaban J connectivity index is 1.91. The van der Waals surface area contributed by atoms with Gasteiger partial charge in [-0.1, -0.05) is 49.6 Å². The zero-order valence-corrected chi connectivity index (χ0v) is 25.2. The maximum atomic E-state index is 13.3. The van der Waals surface area contributed by atoms with Gasteiger partial charge in [-0.05, 0) is 113 Å². The predicted molar refractivity (Wildman–Crippen MR) is 149 cm³/mol. The van der Waals surface area contributed by atoms with Crippen molar-refractivity contribution in [2.45, 2.75) is 141 Å². The maximum absolute atomic E-state index is 13.3. The third-order valence-corrected chi connectivity index (χ3v) is 10.2. The molecule has 4 nitrogen and oxygen atoms in total. The molecule has 0 spiro atoms. The van der Waals surface area contributed by atoms with Gasteiger partial charge in [0.1, 0.15) is 0 Å². The van der Waals surface area contributed by atoms with E-state index >= 15 is 0 Å². The Kier molecular flexibility index (Phi) is 10.5. The summed E-state index contributed by atoms with van der Waals surface area (Å²) in [4.78, 5) is 0. The first-order chi connectivity index (χ1) is 19.1. The van der Waals surface area contributed by atoms with Gasteiger partial charge in [0, 0.05) is 0 Å². The number of fused-ring (bicyclic) bond motifs is 1. The van der Waals surface area contributed by atoms with E-state index in [1.54, 1.807) is 13.8 Å². The second-order valence-corrected chi connectivity index (χ2v) is 14.2. The standard InChI is InChI=1S/C32H48F6O4/c1-27(2,41)13-6-14-28(3,15-7-17-30(42,31(33,34)35)32(36,37)38)26-12-11-25-22(8-5-16-29(25,26)4)10-9-21-18-23(39)20-24(40)19-21/h7,9-10,17,23-26,39-42H,5-6,8,11-16,18-20H2,1-4H3/b17-7+,22-10+/t23-,24-,25?,26-,28-,29+/m1/s1. The first-order valence-corrected chi connectivity index (χ1v) is 15.1. The van der Waals surface area contributed by atoms with Gasteiger partial charge >= 0.3 is 12.4 Å². The molecule has 3 aliphatic carbocycles. The lowest BCUT2D eigenvalue weighted by Gasteiger charge is -2.49. The van der Waals surface area contributed by atoms with E-state index in [0.29, 0.717) is 38.5 Å². The van der Waals surface area contributed by atoms with Crippen LogP contribution in [0.5, 0.6) is 0 Å². The fourth-order valence-corrected chi connectivity index (χ4v) is 8.11. The molecule has 10 heteroatoms. The number of hydrogen-bond acceptors (Lipinski definition) is 4. The first-order valence-electron chi connectivity index (χ1n) is 15.1. The van der Waals surface area contributed by atoms with E-state index in [4.69, 9.17) is 0 Å². The number of aliphatic hydroxyl groups excluding tert-OH is 2. The zero-order valence-electron chi connectivity index (χ0n) is 25.2. The molecule has 0 heterocycles. The summed E-state index contributed by atoms with van der Waals surface area (Å²) >= 11 is 0. The highest BCUT2D eigenvalue weighted by Crippen LogP contribution is 2.64. The zero-order chi connectivity index (χ0) is 31.8. The maximum Gasteiger partial charge on any atom is 0.429 e. The lowest BCUT2D eigenvalue weighted by molar-refractivity contribution is -0.347. The summed E-state index contributed by atoms with van der Waals surface area (Å²) < 4.78 is 80.1. The first kappa shape index (κ1) is 35.1. The van der Waals surface area contributed by atoms with Gasteiger partial charge < -0.3 is 20.4 Å². The molecule has 0 saturated heterocycles. The van der Waals surface area contributed by atoms with Crippen LogP contribution in [0.25, 0.3) is 0 Å². The van der Waals surface area contributed by atoms with Crippen LogP contribution in [0, 0.1) is 22.7 Å². The topological polar surface area (TPSA) is 80.9 Å². The van der Waals surface area contributed by atoms with Crippen LogP contribution in [0.3, 0.4) is 0 Å². The van der Waals surface area contributed by atoms with Gasteiger partial charge in [-0.2, -0.15) is 26.3 Å². The third-order valence-electron chi connectivity index (χ3n) is 10.2. The lowest BCUT2D eigenvalue weighted by atomic mass is 9.55. The summed E-state index contributed by atoms with van der Waals surface area (Å²) in [6.07, 6.45) is -1.06. The average molecular weight is 611 g/mol. The Morgan fingerprint density at radius 3 is 2.02 bits per heavy atom. The van der Waals surface area contributed by atoms with Crippen LogP contribution in [0.15, 0.2) is 35.5 Å². The minimum atomic E-state index is -5.91. The van der Waals surface area contributed by atoms with E-state index in [9.17, 15) is 46.8 Å². The quantitative estimate of drug-likeness (QED) is 0.159. The van der Waals surface area contributed by atoms with Crippen molar-refractivity contribution in [3.05, 3.63) is 35.5 Å². The SMILES string of the molecule is CC(C)(O)CCC[C@](C)(C/C=C/C(O)(C(F)(F)F)C(F)(F)F)[C@H]1CCC2/C(=C/C=C3C[C@@H](O)C[C@H](O)C3)CCC[C@@]21C. The van der Waals surface area contributed by atoms with Crippen molar-refractivity contribution in [1.29, 1.82) is 0 Å². The van der Waals surface area contributed by atoms with Crippen molar-refractivity contribution in [2.24, 2.45) is 22.7 Å². The van der Waals surface area contributed by atoms with Crippen molar-refractivity contribution in [3.63, 3.8) is 0 Å². The Morgan fingerprint density at radius 1 is 0.881 bits per heavy atom. The Bertz CT molecular complexity index is 997. The largest absolute Gasteiger partial charge is 0.429 e. The van der Waals surface area contributed by atoms with E-state index in [2.05, 4.69) is 13.0 Å². The predicted octanol–water partition coefficient (Wildman–Crippen LogP) is 7.71. The van der Waals surface area contributed by atoms with Gasteiger partial charge in [0.05, 0.1) is 17.8 Å². The molecule has 42 heavy (non-hydrogen) atoms. The minimum absolute atomic E-state index is 0.000925. The van der Waals surface area contributed by atoms with E-state index in [1.807, 2.05) is 13.0 Å². The summed E-state index contributed by atoms with van der Waals surface area (Å²) in [5, 5.41) is 40.1. The summed E-state index contributed by atoms with van der Waals surface area (Å²) in [6.45, 7) is 7.44. The van der Waals surface area contributed by atoms with Crippen molar-refractivity contribution in [1.82, 2.24) is 0 Å². The van der Waals surface area contributed by atoms with Crippen LogP contribution >= 0.6 is 0 Å². The highest BCUT2D eigenvalue weighted by atomic mass is 19.4. The molecule has 0 bridgehead atoms. The van der Waals surface area contributed by atoms with Gasteiger partial charge in [-0.25, -0.2) is 0 Å². The molecule has 3 saturated carbocycles. The van der Waals surface area contributed by atoms with Gasteiger partial charge in [0.2, 0.25) is 0 Å². The molecule has 0 aromatic rings. The number of allylic oxidation sites excluding steroid dienone is 4. The van der Waals surface area contributed by atoms with E-state index in [0.717, 1.165) is 43.8 Å². The van der Waals surface area contributed by atoms with Crippen LogP contribution in [0.1, 0.15) is 105 Å². The van der Waals surface area contributed by atoms with Crippen LogP contribution in [-0.2, 0) is 0 Å². The van der Waals surface area contributed by atoms with E-state index in [1.165, 1.54) is 5.57 Å². The summed E-state index contributed by atoms with van der Waals surface area (Å²) in [5.41, 5.74) is -4.53. The van der Waals surface area contributed by atoms with Crippen molar-refractivity contribution >= 4 is 0 Å². The summed E-state index contributed by atoms with van der Waals surface area (Å²) in [7, 11) is 0. The normalized spacial score (nSPS) is 32.3. The minimum Gasteiger partial charge on any atom is -0.393 e. The molecule has 0 amide bonds. The average Bonchev–Trinajstić information content (AvgIpc) is 3.18. The van der Waals surface area contributed by atoms with E-state index < -0.39 is 41.2 Å². The Morgan fingerprint density at radius 2 is 1.48 bits per heavy atom. The highest BCUT2D eigenvalue weighted by molar-refractivity contribution is 5.27. The molecule has 3 aliphatic rings. The molecular weight excluding hydrogens is 562 g/mol. The van der Waals surface area contributed by atoms with Gasteiger partial charge in [0.15, 0.2) is 0 Å². The van der Waals surface area contributed by atoms with Gasteiger partial charge in [-0.3, -0.25) is 0 Å². The molecule has 0 aliphatic heterocycles. The molecule has 0 aromatic carbocycles. The molecule has 3 rings (SSSR count). The molecule has 242 valence electrons. The molecule has 0 radical (unpaired) electrons. The Hall–Kier alpha value is -1.36. The van der Waals surface area contributed by atoms with Crippen LogP contribution in [0.4, 0.5) is 26.3 Å². The molecule has 3 fully saturated rings. The fraction of sp³-hybridized carbons (Fsp3) is 0.812. The number of aliphatic hydroxyl groups is 4. The van der Waals surface area contributed by atoms with Crippen molar-refractivity contribution in [2.75, 3.05) is 0 Å². The van der Waals surface area contributed by atoms with Crippen LogP contribution in [0.2, 0.25) is 0 Å². The number of halogens is 6. The summed E-state index contributed by atoms with van der Waals surface area (Å²) in [5.74, 6) is 0.201. The molecule has 4 N–H and O–H groups in total. The molecule has 6 atom stereocenters. The highest BCUT2D eigenvalue weighted by Gasteiger charge is 2.69. The lowest BCUT2D eigenvalue weighted by Crippen LogP contribution is -2.55. The van der Waals surface area contributed by atoms with Crippen molar-refractivity contribution in [3.8, 4) is 0 Å². The Labute approximate surface area is 245 Å². The van der Waals surface area contributed by atoms with Crippen LogP contribution in [-0.4, -0.2) is 56.2 Å². The van der Waals surface area contributed by atoms with E-state index in [-0.39, 0.29) is 29.7 Å². The van der Waals surface area contributed by atoms with Gasteiger partial charge in [-0.15, -0.1) is 0 Å². The summed E-state index contributed by atoms with van der Waals surface area (Å²) in [6, 6.07) is 0. The fourth-order valence-electron chi connectivity index (χ4n) is 8.11. The molecule has 1 unspecified atom stereocenters. The molecular formula is C32H48F6O4. The monoisotopic (exact) mass is 610 g/mol. The number of rotatable bonds is 9. The second-order valence-electron chi connectivity index (χ2n) is 14.2. The second kappa shape index (κ2) is 12.6. The third kappa shape index (κ3) is 7.83. The molecule has 0 aromatic heterocycles. The number of hydrogen-bond donors (Lipinski definition) is 4. The van der Waals surface area contributed by atoms with Crippen LogP contribution < -0.4 is 0 Å².